The Morgan fingerprint density at radius 1 is 1.41 bits per heavy atom. The molecular formula is C14H27IN6O. The van der Waals surface area contributed by atoms with Gasteiger partial charge >= 0.3 is 0 Å². The minimum atomic E-state index is 0. The topological polar surface area (TPSA) is 74.5 Å². The van der Waals surface area contributed by atoms with Gasteiger partial charge in [-0.3, -0.25) is 9.48 Å². The number of aliphatic imine (C=N–C) groups is 1. The highest BCUT2D eigenvalue weighted by atomic mass is 127. The van der Waals surface area contributed by atoms with E-state index in [1.165, 1.54) is 0 Å². The molecule has 0 bridgehead atoms. The van der Waals surface area contributed by atoms with Crippen molar-refractivity contribution in [2.75, 3.05) is 27.2 Å². The molecule has 22 heavy (non-hydrogen) atoms. The maximum Gasteiger partial charge on any atom is 0.241 e. The fraction of sp³-hybridized carbons (Fsp3) is 0.643. The number of aryl methyl sites for hydroxylation is 1. The monoisotopic (exact) mass is 422 g/mol. The lowest BCUT2D eigenvalue weighted by molar-refractivity contribution is -0.127. The summed E-state index contributed by atoms with van der Waals surface area (Å²) in [4.78, 5) is 17.7. The molecule has 0 unspecified atom stereocenters. The van der Waals surface area contributed by atoms with Crippen molar-refractivity contribution in [2.24, 2.45) is 18.0 Å². The first-order valence-electron chi connectivity index (χ1n) is 7.09. The van der Waals surface area contributed by atoms with Crippen LogP contribution in [0, 0.1) is 5.92 Å². The van der Waals surface area contributed by atoms with Crippen molar-refractivity contribution in [1.29, 1.82) is 0 Å². The van der Waals surface area contributed by atoms with Gasteiger partial charge in [-0.05, 0) is 12.0 Å². The number of nitrogens with one attached hydrogen (secondary N) is 2. The molecule has 0 aliphatic carbocycles. The largest absolute Gasteiger partial charge is 0.356 e. The lowest BCUT2D eigenvalue weighted by Gasteiger charge is -2.16. The Morgan fingerprint density at radius 2 is 2.09 bits per heavy atom. The first kappa shape index (κ1) is 20.7. The molecular weight excluding hydrogens is 395 g/mol. The lowest BCUT2D eigenvalue weighted by Crippen LogP contribution is -2.44. The fourth-order valence-electron chi connectivity index (χ4n) is 1.51. The predicted molar refractivity (Wildman–Crippen MR) is 99.3 cm³/mol. The molecule has 0 aromatic carbocycles. The molecule has 1 aromatic rings. The number of likely N-dealkylation sites (N-methyl/N-ethyl adjacent to an activating group) is 1. The number of guanidine groups is 1. The van der Waals surface area contributed by atoms with E-state index in [0.717, 1.165) is 12.2 Å². The van der Waals surface area contributed by atoms with E-state index in [4.69, 9.17) is 0 Å². The molecule has 0 radical (unpaired) electrons. The quantitative estimate of drug-likeness (QED) is 0.405. The summed E-state index contributed by atoms with van der Waals surface area (Å²) in [6.07, 6.45) is 1.75. The molecule has 0 saturated carbocycles. The number of rotatable bonds is 6. The minimum absolute atomic E-state index is 0. The Labute approximate surface area is 149 Å². The van der Waals surface area contributed by atoms with Gasteiger partial charge in [-0.1, -0.05) is 13.8 Å². The van der Waals surface area contributed by atoms with Crippen molar-refractivity contribution in [3.63, 3.8) is 0 Å². The van der Waals surface area contributed by atoms with E-state index >= 15 is 0 Å². The number of nitrogens with zero attached hydrogens (tertiary/aromatic N) is 4. The number of carbonyl (C=O) groups is 1. The second-order valence-electron chi connectivity index (χ2n) is 5.53. The highest BCUT2D eigenvalue weighted by Gasteiger charge is 2.07. The van der Waals surface area contributed by atoms with Gasteiger partial charge in [0.15, 0.2) is 5.96 Å². The van der Waals surface area contributed by atoms with Crippen LogP contribution < -0.4 is 10.6 Å². The van der Waals surface area contributed by atoms with Crippen LogP contribution in [-0.2, 0) is 18.4 Å². The van der Waals surface area contributed by atoms with E-state index in [2.05, 4.69) is 34.6 Å². The van der Waals surface area contributed by atoms with Crippen LogP contribution in [0.1, 0.15) is 19.5 Å². The molecule has 2 N–H and O–H groups in total. The Balaban J connectivity index is 0.00000441. The number of amides is 1. The maximum absolute atomic E-state index is 11.6. The van der Waals surface area contributed by atoms with Gasteiger partial charge in [0, 0.05) is 33.9 Å². The molecule has 0 aliphatic rings. The van der Waals surface area contributed by atoms with Crippen molar-refractivity contribution < 1.29 is 4.79 Å². The fourth-order valence-corrected chi connectivity index (χ4v) is 1.51. The molecule has 0 atom stereocenters. The van der Waals surface area contributed by atoms with Crippen molar-refractivity contribution in [1.82, 2.24) is 25.3 Å². The Hall–Kier alpha value is -1.32. The van der Waals surface area contributed by atoms with Gasteiger partial charge < -0.3 is 15.5 Å². The van der Waals surface area contributed by atoms with Crippen LogP contribution >= 0.6 is 24.0 Å². The van der Waals surface area contributed by atoms with Crippen molar-refractivity contribution in [2.45, 2.75) is 20.4 Å². The Bertz CT molecular complexity index is 483. The van der Waals surface area contributed by atoms with E-state index in [-0.39, 0.29) is 36.4 Å². The van der Waals surface area contributed by atoms with Gasteiger partial charge in [0.25, 0.3) is 0 Å². The molecule has 1 rings (SSSR count). The zero-order valence-electron chi connectivity index (χ0n) is 14.0. The minimum Gasteiger partial charge on any atom is -0.356 e. The third-order valence-corrected chi connectivity index (χ3v) is 2.91. The van der Waals surface area contributed by atoms with Crippen molar-refractivity contribution in [3.05, 3.63) is 18.0 Å². The molecule has 0 saturated heterocycles. The van der Waals surface area contributed by atoms with Crippen LogP contribution in [0.2, 0.25) is 0 Å². The van der Waals surface area contributed by atoms with Crippen LogP contribution in [0.5, 0.6) is 0 Å². The van der Waals surface area contributed by atoms with Crippen molar-refractivity contribution >= 4 is 35.8 Å². The third kappa shape index (κ3) is 7.62. The summed E-state index contributed by atoms with van der Waals surface area (Å²) in [6, 6.07) is 1.93. The van der Waals surface area contributed by atoms with Gasteiger partial charge in [-0.2, -0.15) is 5.10 Å². The number of carbonyl (C=O) groups excluding carboxylic acids is 1. The SMILES string of the molecule is CC(C)CNC(=NCc1ccnn1C)NCC(=O)N(C)C.I. The van der Waals surface area contributed by atoms with Crippen molar-refractivity contribution in [3.8, 4) is 0 Å². The Kier molecular flexibility index (Phi) is 9.79. The molecule has 0 spiro atoms. The van der Waals surface area contributed by atoms with Crippen LogP contribution in [0.15, 0.2) is 17.3 Å². The van der Waals surface area contributed by atoms with Gasteiger partial charge in [-0.15, -0.1) is 24.0 Å². The summed E-state index contributed by atoms with van der Waals surface area (Å²) in [7, 11) is 5.35. The molecule has 0 aliphatic heterocycles. The molecule has 126 valence electrons. The molecule has 0 fully saturated rings. The van der Waals surface area contributed by atoms with Crippen LogP contribution in [0.25, 0.3) is 0 Å². The average Bonchev–Trinajstić information content (AvgIpc) is 2.82. The lowest BCUT2D eigenvalue weighted by atomic mass is 10.2. The van der Waals surface area contributed by atoms with Crippen LogP contribution in [-0.4, -0.2) is 53.7 Å². The first-order chi connectivity index (χ1) is 9.90. The second kappa shape index (κ2) is 10.4. The number of hydrogen-bond donors (Lipinski definition) is 2. The van der Waals surface area contributed by atoms with E-state index in [1.54, 1.807) is 29.9 Å². The van der Waals surface area contributed by atoms with E-state index in [9.17, 15) is 4.79 Å². The van der Waals surface area contributed by atoms with Gasteiger partial charge in [-0.25, -0.2) is 4.99 Å². The predicted octanol–water partition coefficient (Wildman–Crippen LogP) is 0.817. The third-order valence-electron chi connectivity index (χ3n) is 2.91. The van der Waals surface area contributed by atoms with E-state index < -0.39 is 0 Å². The summed E-state index contributed by atoms with van der Waals surface area (Å²) in [5.74, 6) is 1.15. The summed E-state index contributed by atoms with van der Waals surface area (Å²) in [5, 5.41) is 10.4. The van der Waals surface area contributed by atoms with E-state index in [1.807, 2.05) is 13.1 Å². The number of halogens is 1. The number of aromatic nitrogens is 2. The smallest absolute Gasteiger partial charge is 0.241 e. The highest BCUT2D eigenvalue weighted by Crippen LogP contribution is 1.98. The standard InChI is InChI=1S/C14H26N6O.HI/c1-11(2)8-15-14(17-10-13(21)19(3)4)16-9-12-6-7-18-20(12)5;/h6-7,11H,8-10H2,1-5H3,(H2,15,16,17);1H. The molecule has 8 heteroatoms. The maximum atomic E-state index is 11.6. The summed E-state index contributed by atoms with van der Waals surface area (Å²) >= 11 is 0. The zero-order valence-corrected chi connectivity index (χ0v) is 16.3. The zero-order chi connectivity index (χ0) is 15.8. The molecule has 1 aromatic heterocycles. The molecule has 7 nitrogen and oxygen atoms in total. The second-order valence-corrected chi connectivity index (χ2v) is 5.53. The van der Waals surface area contributed by atoms with E-state index in [0.29, 0.717) is 18.4 Å². The van der Waals surface area contributed by atoms with Gasteiger partial charge in [0.05, 0.1) is 18.8 Å². The average molecular weight is 422 g/mol. The van der Waals surface area contributed by atoms with Gasteiger partial charge in [0.1, 0.15) is 0 Å². The number of hydrogen-bond acceptors (Lipinski definition) is 3. The summed E-state index contributed by atoms with van der Waals surface area (Å²) in [5.41, 5.74) is 1.01. The molecule has 1 amide bonds. The summed E-state index contributed by atoms with van der Waals surface area (Å²) < 4.78 is 1.79. The first-order valence-corrected chi connectivity index (χ1v) is 7.09. The van der Waals surface area contributed by atoms with Crippen LogP contribution in [0.4, 0.5) is 0 Å². The summed E-state index contributed by atoms with van der Waals surface area (Å²) in [6.45, 7) is 5.78. The van der Waals surface area contributed by atoms with Gasteiger partial charge in [0.2, 0.25) is 5.91 Å². The Morgan fingerprint density at radius 3 is 2.59 bits per heavy atom. The highest BCUT2D eigenvalue weighted by molar-refractivity contribution is 14.0. The van der Waals surface area contributed by atoms with Crippen LogP contribution in [0.3, 0.4) is 0 Å². The normalized spacial score (nSPS) is 11.1. The molecule has 1 heterocycles.